The van der Waals surface area contributed by atoms with Gasteiger partial charge in [0.15, 0.2) is 11.5 Å². The van der Waals surface area contributed by atoms with Gasteiger partial charge in [-0.3, -0.25) is 4.90 Å². The Bertz CT molecular complexity index is 1320. The Morgan fingerprint density at radius 2 is 1.72 bits per heavy atom. The van der Waals surface area contributed by atoms with Crippen molar-refractivity contribution < 1.29 is 13.9 Å². The highest BCUT2D eigenvalue weighted by Gasteiger charge is 2.18. The van der Waals surface area contributed by atoms with E-state index in [1.54, 1.807) is 12.1 Å². The number of benzene rings is 3. The van der Waals surface area contributed by atoms with Gasteiger partial charge in [0.1, 0.15) is 11.6 Å². The molecule has 0 saturated heterocycles. The van der Waals surface area contributed by atoms with Crippen molar-refractivity contribution in [3.63, 3.8) is 0 Å². The van der Waals surface area contributed by atoms with Crippen molar-refractivity contribution in [3.05, 3.63) is 100 Å². The van der Waals surface area contributed by atoms with Crippen LogP contribution >= 0.6 is 15.9 Å². The second-order valence-corrected chi connectivity index (χ2v) is 9.96. The molecular weight excluding hydrogens is 521 g/mol. The summed E-state index contributed by atoms with van der Waals surface area (Å²) in [4.78, 5) is 7.18. The van der Waals surface area contributed by atoms with E-state index in [1.165, 1.54) is 17.7 Å². The van der Waals surface area contributed by atoms with Gasteiger partial charge < -0.3 is 14.0 Å². The molecular formula is C29H29BrFN3O2. The Morgan fingerprint density at radius 1 is 0.944 bits per heavy atom. The van der Waals surface area contributed by atoms with E-state index in [0.29, 0.717) is 0 Å². The van der Waals surface area contributed by atoms with Crippen LogP contribution in [-0.2, 0) is 26.2 Å². The molecule has 0 atom stereocenters. The molecule has 36 heavy (non-hydrogen) atoms. The van der Waals surface area contributed by atoms with E-state index in [4.69, 9.17) is 14.5 Å². The molecule has 1 aromatic heterocycles. The zero-order chi connectivity index (χ0) is 24.9. The van der Waals surface area contributed by atoms with Gasteiger partial charge >= 0.3 is 0 Å². The predicted octanol–water partition coefficient (Wildman–Crippen LogP) is 7.18. The van der Waals surface area contributed by atoms with Crippen LogP contribution in [-0.4, -0.2) is 21.2 Å². The Morgan fingerprint density at radius 3 is 2.50 bits per heavy atom. The number of rotatable bonds is 10. The first-order chi connectivity index (χ1) is 17.6. The average Bonchev–Trinajstić information content (AvgIpc) is 3.50. The molecule has 7 heteroatoms. The summed E-state index contributed by atoms with van der Waals surface area (Å²) in [6, 6.07) is 21.1. The molecule has 1 aliphatic rings. The van der Waals surface area contributed by atoms with Gasteiger partial charge in [-0.25, -0.2) is 9.37 Å². The van der Waals surface area contributed by atoms with Crippen LogP contribution in [0.25, 0.3) is 11.4 Å². The number of nitrogens with zero attached hydrogens (tertiary/aromatic N) is 3. The Hall–Kier alpha value is -3.16. The maximum atomic E-state index is 13.6. The molecule has 0 fully saturated rings. The van der Waals surface area contributed by atoms with Gasteiger partial charge in [0.2, 0.25) is 6.79 Å². The standard InChI is InChI=1S/C29H29BrFN3O2/c1-2-3-13-34-26(16-32-29(34)23-8-10-25(31)11-9-23)19-33(17-21-5-4-6-24(30)14-21)18-22-7-12-27-28(15-22)36-20-35-27/h4-12,14-16H,2-3,13,17-20H2,1H3. The Balaban J connectivity index is 1.45. The summed E-state index contributed by atoms with van der Waals surface area (Å²) >= 11 is 3.60. The third-order valence-electron chi connectivity index (χ3n) is 6.30. The summed E-state index contributed by atoms with van der Waals surface area (Å²) in [5, 5.41) is 0. The maximum Gasteiger partial charge on any atom is 0.231 e. The second-order valence-electron chi connectivity index (χ2n) is 9.05. The van der Waals surface area contributed by atoms with Crippen LogP contribution in [0.5, 0.6) is 11.5 Å². The summed E-state index contributed by atoms with van der Waals surface area (Å²) in [6.45, 7) is 5.57. The molecule has 0 spiro atoms. The van der Waals surface area contributed by atoms with Gasteiger partial charge in [0.05, 0.1) is 11.9 Å². The third kappa shape index (κ3) is 5.79. The number of hydrogen-bond donors (Lipinski definition) is 0. The Kier molecular flexibility index (Phi) is 7.68. The molecule has 2 heterocycles. The highest BCUT2D eigenvalue weighted by molar-refractivity contribution is 9.10. The number of halogens is 2. The molecule has 3 aromatic carbocycles. The number of ether oxygens (including phenoxy) is 2. The molecule has 1 aliphatic heterocycles. The van der Waals surface area contributed by atoms with Gasteiger partial charge in [-0.1, -0.05) is 47.5 Å². The van der Waals surface area contributed by atoms with E-state index in [9.17, 15) is 4.39 Å². The molecule has 0 amide bonds. The molecule has 0 N–H and O–H groups in total. The lowest BCUT2D eigenvalue weighted by atomic mass is 10.1. The smallest absolute Gasteiger partial charge is 0.231 e. The number of imidazole rings is 1. The fourth-order valence-electron chi connectivity index (χ4n) is 4.52. The quantitative estimate of drug-likeness (QED) is 0.210. The number of aromatic nitrogens is 2. The summed E-state index contributed by atoms with van der Waals surface area (Å²) in [6.07, 6.45) is 4.09. The lowest BCUT2D eigenvalue weighted by molar-refractivity contribution is 0.174. The van der Waals surface area contributed by atoms with Crippen LogP contribution in [0.15, 0.2) is 77.4 Å². The molecule has 5 nitrogen and oxygen atoms in total. The van der Waals surface area contributed by atoms with E-state index < -0.39 is 0 Å². The summed E-state index contributed by atoms with van der Waals surface area (Å²) in [5.74, 6) is 2.22. The fraction of sp³-hybridized carbons (Fsp3) is 0.276. The summed E-state index contributed by atoms with van der Waals surface area (Å²) in [7, 11) is 0. The molecule has 0 radical (unpaired) electrons. The highest BCUT2D eigenvalue weighted by atomic mass is 79.9. The molecule has 186 valence electrons. The van der Waals surface area contributed by atoms with Crippen LogP contribution in [0.2, 0.25) is 0 Å². The monoisotopic (exact) mass is 549 g/mol. The maximum absolute atomic E-state index is 13.6. The molecule has 0 unspecified atom stereocenters. The van der Waals surface area contributed by atoms with Crippen molar-refractivity contribution in [2.75, 3.05) is 6.79 Å². The van der Waals surface area contributed by atoms with Gasteiger partial charge in [-0.15, -0.1) is 0 Å². The normalized spacial score (nSPS) is 12.4. The van der Waals surface area contributed by atoms with E-state index in [1.807, 2.05) is 18.3 Å². The first-order valence-corrected chi connectivity index (χ1v) is 13.0. The van der Waals surface area contributed by atoms with Crippen LogP contribution in [0, 0.1) is 5.82 Å². The van der Waals surface area contributed by atoms with Crippen molar-refractivity contribution in [1.82, 2.24) is 14.5 Å². The highest BCUT2D eigenvalue weighted by Crippen LogP contribution is 2.33. The minimum Gasteiger partial charge on any atom is -0.454 e. The van der Waals surface area contributed by atoms with Crippen molar-refractivity contribution in [2.24, 2.45) is 0 Å². The van der Waals surface area contributed by atoms with E-state index >= 15 is 0 Å². The van der Waals surface area contributed by atoms with Gasteiger partial charge in [0.25, 0.3) is 0 Å². The number of hydrogen-bond acceptors (Lipinski definition) is 4. The van der Waals surface area contributed by atoms with Crippen LogP contribution in [0.4, 0.5) is 4.39 Å². The first-order valence-electron chi connectivity index (χ1n) is 12.2. The van der Waals surface area contributed by atoms with Crippen molar-refractivity contribution in [3.8, 4) is 22.9 Å². The van der Waals surface area contributed by atoms with E-state index in [0.717, 1.165) is 77.6 Å². The number of fused-ring (bicyclic) bond motifs is 1. The topological polar surface area (TPSA) is 39.5 Å². The molecule has 4 aromatic rings. The van der Waals surface area contributed by atoms with Crippen molar-refractivity contribution in [1.29, 1.82) is 0 Å². The molecule has 0 aliphatic carbocycles. The molecule has 0 bridgehead atoms. The zero-order valence-electron chi connectivity index (χ0n) is 20.3. The average molecular weight is 550 g/mol. The summed E-state index contributed by atoms with van der Waals surface area (Å²) in [5.41, 5.74) is 4.45. The van der Waals surface area contributed by atoms with Gasteiger partial charge in [0, 0.05) is 36.2 Å². The van der Waals surface area contributed by atoms with E-state index in [2.05, 4.69) is 62.7 Å². The van der Waals surface area contributed by atoms with Crippen molar-refractivity contribution >= 4 is 15.9 Å². The Labute approximate surface area is 219 Å². The predicted molar refractivity (Wildman–Crippen MR) is 142 cm³/mol. The number of unbranched alkanes of at least 4 members (excludes halogenated alkanes) is 1. The van der Waals surface area contributed by atoms with Crippen LogP contribution < -0.4 is 9.47 Å². The minimum atomic E-state index is -0.241. The zero-order valence-corrected chi connectivity index (χ0v) is 21.9. The second kappa shape index (κ2) is 11.3. The SMILES string of the molecule is CCCCn1c(CN(Cc2cccc(Br)c2)Cc2ccc3c(c2)OCO3)cnc1-c1ccc(F)cc1. The molecule has 0 saturated carbocycles. The fourth-order valence-corrected chi connectivity index (χ4v) is 4.97. The van der Waals surface area contributed by atoms with Crippen LogP contribution in [0.1, 0.15) is 36.6 Å². The van der Waals surface area contributed by atoms with Crippen LogP contribution in [0.3, 0.4) is 0 Å². The lowest BCUT2D eigenvalue weighted by Crippen LogP contribution is -2.24. The lowest BCUT2D eigenvalue weighted by Gasteiger charge is -2.24. The van der Waals surface area contributed by atoms with Gasteiger partial charge in [-0.05, 0) is 66.1 Å². The molecule has 5 rings (SSSR count). The third-order valence-corrected chi connectivity index (χ3v) is 6.79. The van der Waals surface area contributed by atoms with Crippen molar-refractivity contribution in [2.45, 2.75) is 45.9 Å². The first kappa shape index (κ1) is 24.5. The largest absolute Gasteiger partial charge is 0.454 e. The van der Waals surface area contributed by atoms with Gasteiger partial charge in [-0.2, -0.15) is 0 Å². The summed E-state index contributed by atoms with van der Waals surface area (Å²) < 4.78 is 28.0. The van der Waals surface area contributed by atoms with E-state index in [-0.39, 0.29) is 12.6 Å². The minimum absolute atomic E-state index is 0.241.